The molecule has 0 saturated carbocycles. The van der Waals surface area contributed by atoms with Crippen LogP contribution in [0, 0.1) is 0 Å². The molecule has 0 aliphatic carbocycles. The highest BCUT2D eigenvalue weighted by atomic mass is 32.2. The first-order valence-corrected chi connectivity index (χ1v) is 11.2. The van der Waals surface area contributed by atoms with Gasteiger partial charge in [0.25, 0.3) is 0 Å². The maximum atomic E-state index is 12.8. The standard InChI is InChI=1S/C16H22N4O3S2/c1-3-12(2)20(13-7-9-25(22,23)11-13)15(21)10-24-16-18-17-14-6-4-5-8-19(14)16/h4-6,8,12-13H,3,7,9-11H2,1-2H3/t12-,13+/m1/s1. The lowest BCUT2D eigenvalue weighted by atomic mass is 10.1. The van der Waals surface area contributed by atoms with Gasteiger partial charge in [-0.15, -0.1) is 10.2 Å². The van der Waals surface area contributed by atoms with Crippen molar-refractivity contribution in [3.05, 3.63) is 24.4 Å². The second-order valence-electron chi connectivity index (χ2n) is 6.32. The number of nitrogens with zero attached hydrogens (tertiary/aromatic N) is 4. The Bertz CT molecular complexity index is 865. The van der Waals surface area contributed by atoms with E-state index in [0.717, 1.165) is 12.1 Å². The summed E-state index contributed by atoms with van der Waals surface area (Å²) < 4.78 is 25.4. The molecule has 0 bridgehead atoms. The highest BCUT2D eigenvalue weighted by Crippen LogP contribution is 2.24. The molecule has 7 nitrogen and oxygen atoms in total. The van der Waals surface area contributed by atoms with Crippen LogP contribution >= 0.6 is 11.8 Å². The zero-order valence-electron chi connectivity index (χ0n) is 14.3. The van der Waals surface area contributed by atoms with Crippen molar-refractivity contribution in [2.75, 3.05) is 17.3 Å². The summed E-state index contributed by atoms with van der Waals surface area (Å²) in [4.78, 5) is 14.6. The number of carbonyl (C=O) groups is 1. The van der Waals surface area contributed by atoms with Gasteiger partial charge in [0.2, 0.25) is 5.91 Å². The van der Waals surface area contributed by atoms with Crippen LogP contribution in [0.25, 0.3) is 5.65 Å². The Hall–Kier alpha value is -1.61. The van der Waals surface area contributed by atoms with Crippen LogP contribution < -0.4 is 0 Å². The van der Waals surface area contributed by atoms with Crippen molar-refractivity contribution >= 4 is 33.2 Å². The predicted octanol–water partition coefficient (Wildman–Crippen LogP) is 1.64. The van der Waals surface area contributed by atoms with E-state index in [1.54, 1.807) is 4.90 Å². The van der Waals surface area contributed by atoms with Crippen LogP contribution in [0.1, 0.15) is 26.7 Å². The van der Waals surface area contributed by atoms with Gasteiger partial charge in [-0.3, -0.25) is 9.20 Å². The normalized spacial score (nSPS) is 20.6. The minimum Gasteiger partial charge on any atom is -0.335 e. The summed E-state index contributed by atoms with van der Waals surface area (Å²) in [5.41, 5.74) is 0.734. The first kappa shape index (κ1) is 18.2. The second kappa shape index (κ2) is 7.33. The number of thioether (sulfide) groups is 1. The number of hydrogen-bond donors (Lipinski definition) is 0. The summed E-state index contributed by atoms with van der Waals surface area (Å²) in [5.74, 6) is 0.409. The summed E-state index contributed by atoms with van der Waals surface area (Å²) in [6, 6.07) is 5.42. The van der Waals surface area contributed by atoms with Crippen LogP contribution in [0.4, 0.5) is 0 Å². The topological polar surface area (TPSA) is 84.6 Å². The first-order chi connectivity index (χ1) is 11.9. The van der Waals surface area contributed by atoms with Crippen LogP contribution in [-0.4, -0.2) is 63.2 Å². The molecule has 1 amide bonds. The van der Waals surface area contributed by atoms with Gasteiger partial charge in [0.1, 0.15) is 0 Å². The number of aromatic nitrogens is 3. The zero-order chi connectivity index (χ0) is 18.0. The fourth-order valence-corrected chi connectivity index (χ4v) is 5.62. The van der Waals surface area contributed by atoms with E-state index >= 15 is 0 Å². The van der Waals surface area contributed by atoms with Gasteiger partial charge in [-0.1, -0.05) is 24.8 Å². The number of pyridine rings is 1. The molecule has 3 rings (SSSR count). The van der Waals surface area contributed by atoms with Crippen molar-refractivity contribution < 1.29 is 13.2 Å². The summed E-state index contributed by atoms with van der Waals surface area (Å²) in [5, 5.41) is 8.86. The molecule has 9 heteroatoms. The van der Waals surface area contributed by atoms with E-state index in [2.05, 4.69) is 10.2 Å². The van der Waals surface area contributed by atoms with Gasteiger partial charge in [-0.2, -0.15) is 0 Å². The minimum absolute atomic E-state index is 0.0153. The third-order valence-corrected chi connectivity index (χ3v) is 7.24. The molecule has 1 saturated heterocycles. The summed E-state index contributed by atoms with van der Waals surface area (Å²) >= 11 is 1.33. The molecule has 0 aromatic carbocycles. The summed E-state index contributed by atoms with van der Waals surface area (Å²) in [6.07, 6.45) is 3.18. The van der Waals surface area contributed by atoms with Gasteiger partial charge >= 0.3 is 0 Å². The highest BCUT2D eigenvalue weighted by Gasteiger charge is 2.36. The van der Waals surface area contributed by atoms with E-state index in [4.69, 9.17) is 0 Å². The fraction of sp³-hybridized carbons (Fsp3) is 0.562. The molecule has 0 spiro atoms. The summed E-state index contributed by atoms with van der Waals surface area (Å²) in [7, 11) is -3.03. The molecule has 136 valence electrons. The largest absolute Gasteiger partial charge is 0.335 e. The lowest BCUT2D eigenvalue weighted by Gasteiger charge is -2.33. The molecule has 1 aliphatic heterocycles. The lowest BCUT2D eigenvalue weighted by molar-refractivity contribution is -0.132. The average molecular weight is 383 g/mol. The number of hydrogen-bond acceptors (Lipinski definition) is 6. The Morgan fingerprint density at radius 2 is 2.24 bits per heavy atom. The van der Waals surface area contributed by atoms with Crippen molar-refractivity contribution in [1.29, 1.82) is 0 Å². The van der Waals surface area contributed by atoms with Crippen molar-refractivity contribution in [2.24, 2.45) is 0 Å². The van der Waals surface area contributed by atoms with Gasteiger partial charge in [-0.05, 0) is 31.9 Å². The quantitative estimate of drug-likeness (QED) is 0.706. The highest BCUT2D eigenvalue weighted by molar-refractivity contribution is 7.99. The van der Waals surface area contributed by atoms with Gasteiger partial charge in [-0.25, -0.2) is 8.42 Å². The van der Waals surface area contributed by atoms with E-state index in [9.17, 15) is 13.2 Å². The van der Waals surface area contributed by atoms with Crippen molar-refractivity contribution in [2.45, 2.75) is 43.9 Å². The maximum Gasteiger partial charge on any atom is 0.233 e. The molecule has 25 heavy (non-hydrogen) atoms. The Kier molecular flexibility index (Phi) is 5.33. The summed E-state index contributed by atoms with van der Waals surface area (Å²) in [6.45, 7) is 3.98. The van der Waals surface area contributed by atoms with Crippen LogP contribution in [0.15, 0.2) is 29.6 Å². The van der Waals surface area contributed by atoms with Crippen molar-refractivity contribution in [3.63, 3.8) is 0 Å². The third kappa shape index (κ3) is 3.98. The van der Waals surface area contributed by atoms with E-state index in [1.807, 2.05) is 42.6 Å². The molecule has 0 unspecified atom stereocenters. The smallest absolute Gasteiger partial charge is 0.233 e. The second-order valence-corrected chi connectivity index (χ2v) is 9.49. The molecule has 2 atom stereocenters. The van der Waals surface area contributed by atoms with E-state index < -0.39 is 9.84 Å². The molecule has 3 heterocycles. The molecule has 0 N–H and O–H groups in total. The van der Waals surface area contributed by atoms with Crippen LogP contribution in [-0.2, 0) is 14.6 Å². The predicted molar refractivity (Wildman–Crippen MR) is 97.4 cm³/mol. The van der Waals surface area contributed by atoms with Gasteiger partial charge in [0.15, 0.2) is 20.6 Å². The van der Waals surface area contributed by atoms with E-state index in [1.165, 1.54) is 11.8 Å². The molecule has 2 aromatic rings. The Labute approximate surface area is 151 Å². The monoisotopic (exact) mass is 382 g/mol. The molecule has 1 aliphatic rings. The van der Waals surface area contributed by atoms with Gasteiger partial charge in [0.05, 0.1) is 17.3 Å². The number of carbonyl (C=O) groups excluding carboxylic acids is 1. The molecular formula is C16H22N4O3S2. The van der Waals surface area contributed by atoms with Crippen molar-refractivity contribution in [1.82, 2.24) is 19.5 Å². The Morgan fingerprint density at radius 1 is 1.44 bits per heavy atom. The lowest BCUT2D eigenvalue weighted by Crippen LogP contribution is -2.47. The van der Waals surface area contributed by atoms with Gasteiger partial charge in [0, 0.05) is 18.3 Å². The maximum absolute atomic E-state index is 12.8. The Balaban J connectivity index is 1.72. The minimum atomic E-state index is -3.03. The molecule has 0 radical (unpaired) electrons. The number of sulfone groups is 1. The fourth-order valence-electron chi connectivity index (χ4n) is 3.12. The van der Waals surface area contributed by atoms with Crippen LogP contribution in [0.3, 0.4) is 0 Å². The Morgan fingerprint density at radius 3 is 2.92 bits per heavy atom. The van der Waals surface area contributed by atoms with E-state index in [-0.39, 0.29) is 35.2 Å². The number of fused-ring (bicyclic) bond motifs is 1. The average Bonchev–Trinajstić information content (AvgIpc) is 3.16. The number of amides is 1. The van der Waals surface area contributed by atoms with Crippen molar-refractivity contribution in [3.8, 4) is 0 Å². The first-order valence-electron chi connectivity index (χ1n) is 8.35. The third-order valence-electron chi connectivity index (χ3n) is 4.56. The van der Waals surface area contributed by atoms with Crippen LogP contribution in [0.5, 0.6) is 0 Å². The SMILES string of the molecule is CC[C@@H](C)N(C(=O)CSc1nnc2ccccn12)[C@H]1CCS(=O)(=O)C1. The van der Waals surface area contributed by atoms with Crippen LogP contribution in [0.2, 0.25) is 0 Å². The zero-order valence-corrected chi connectivity index (χ0v) is 16.0. The number of rotatable bonds is 6. The molecule has 1 fully saturated rings. The molecular weight excluding hydrogens is 360 g/mol. The van der Waals surface area contributed by atoms with E-state index in [0.29, 0.717) is 11.6 Å². The van der Waals surface area contributed by atoms with Gasteiger partial charge < -0.3 is 4.90 Å². The molecule has 2 aromatic heterocycles.